The Hall–Kier alpha value is -4.44. The molecule has 12 nitrogen and oxygen atoms in total. The van der Waals surface area contributed by atoms with Crippen LogP contribution in [0.4, 0.5) is 23.8 Å². The van der Waals surface area contributed by atoms with Crippen LogP contribution in [0, 0.1) is 6.92 Å². The average Bonchev–Trinajstić information content (AvgIpc) is 3.56. The van der Waals surface area contributed by atoms with Gasteiger partial charge in [0.25, 0.3) is 5.91 Å². The summed E-state index contributed by atoms with van der Waals surface area (Å²) in [5.74, 6) is -0.363. The number of ether oxygens (including phenoxy) is 1. The summed E-state index contributed by atoms with van der Waals surface area (Å²) < 4.78 is 52.2. The van der Waals surface area contributed by atoms with Gasteiger partial charge in [-0.05, 0) is 19.1 Å². The summed E-state index contributed by atoms with van der Waals surface area (Å²) in [6.45, 7) is 3.81. The molecule has 0 unspecified atom stereocenters. The highest BCUT2D eigenvalue weighted by Crippen LogP contribution is 2.41. The number of urea groups is 1. The van der Waals surface area contributed by atoms with E-state index in [1.54, 1.807) is 19.9 Å². The predicted molar refractivity (Wildman–Crippen MR) is 139 cm³/mol. The van der Waals surface area contributed by atoms with E-state index in [2.05, 4.69) is 41.1 Å². The zero-order valence-electron chi connectivity index (χ0n) is 21.4. The molecule has 0 aliphatic carbocycles. The van der Waals surface area contributed by atoms with Gasteiger partial charge in [-0.15, -0.1) is 21.5 Å². The number of aromatic nitrogens is 5. The van der Waals surface area contributed by atoms with Crippen molar-refractivity contribution >= 4 is 29.1 Å². The lowest BCUT2D eigenvalue weighted by molar-refractivity contribution is -0.141. The minimum Gasteiger partial charge on any atom is -0.421 e. The lowest BCUT2D eigenvalue weighted by Crippen LogP contribution is -2.28. The van der Waals surface area contributed by atoms with E-state index in [-0.39, 0.29) is 35.4 Å². The van der Waals surface area contributed by atoms with E-state index in [1.165, 1.54) is 31.8 Å². The Morgan fingerprint density at radius 3 is 2.52 bits per heavy atom. The molecular formula is C24H23F3N8O4S. The first kappa shape index (κ1) is 28.6. The maximum absolute atomic E-state index is 14.0. The number of hydrogen-bond donors (Lipinski definition) is 3. The smallest absolute Gasteiger partial charge is 0.421 e. The standard InChI is InChI=1S/C24H23F3N8O4S/c1-4-29-23(37)32-17-8-15(22-33-19(24(25,26)27)18(40-22)20(36)30-5-6-38-3)16(11-31-17)13-7-14(10-28-9-13)21-35-34-12(2)39-21/h7-11H,4-6H2,1-3H3,(H,30,36)(H2,29,31,32,37). The first-order valence-corrected chi connectivity index (χ1v) is 12.6. The van der Waals surface area contributed by atoms with Gasteiger partial charge in [-0.3, -0.25) is 15.1 Å². The van der Waals surface area contributed by atoms with Crippen LogP contribution in [0.2, 0.25) is 0 Å². The van der Waals surface area contributed by atoms with Gasteiger partial charge < -0.3 is 19.8 Å². The number of thiazole rings is 1. The number of nitrogens with one attached hydrogen (secondary N) is 3. The summed E-state index contributed by atoms with van der Waals surface area (Å²) in [6, 6.07) is 2.46. The van der Waals surface area contributed by atoms with Crippen molar-refractivity contribution in [2.45, 2.75) is 20.0 Å². The highest BCUT2D eigenvalue weighted by molar-refractivity contribution is 7.17. The molecule has 16 heteroatoms. The molecule has 0 aliphatic rings. The van der Waals surface area contributed by atoms with Gasteiger partial charge in [-0.2, -0.15) is 13.2 Å². The molecule has 0 saturated heterocycles. The summed E-state index contributed by atoms with van der Waals surface area (Å²) in [5, 5.41) is 15.1. The first-order chi connectivity index (χ1) is 19.1. The number of hydrogen-bond acceptors (Lipinski definition) is 10. The minimum absolute atomic E-state index is 0.00852. The van der Waals surface area contributed by atoms with Crippen LogP contribution in [-0.4, -0.2) is 63.9 Å². The van der Waals surface area contributed by atoms with Crippen molar-refractivity contribution in [3.05, 3.63) is 47.2 Å². The topological polar surface area (TPSA) is 157 Å². The molecule has 0 saturated carbocycles. The molecule has 0 aliphatic heterocycles. The van der Waals surface area contributed by atoms with Crippen LogP contribution in [0.1, 0.15) is 28.2 Å². The molecule has 0 atom stereocenters. The molecule has 0 radical (unpaired) electrons. The van der Waals surface area contributed by atoms with E-state index in [9.17, 15) is 22.8 Å². The van der Waals surface area contributed by atoms with Crippen LogP contribution < -0.4 is 16.0 Å². The SMILES string of the molecule is CCNC(=O)Nc1cc(-c2nc(C(F)(F)F)c(C(=O)NCCOC)s2)c(-c2cncc(-c3nnc(C)o3)c2)cn1. The molecule has 4 heterocycles. The van der Waals surface area contributed by atoms with Crippen molar-refractivity contribution in [2.24, 2.45) is 0 Å². The Balaban J connectivity index is 1.85. The van der Waals surface area contributed by atoms with Gasteiger partial charge in [0.1, 0.15) is 15.7 Å². The molecule has 0 fully saturated rings. The van der Waals surface area contributed by atoms with Crippen molar-refractivity contribution in [1.82, 2.24) is 35.8 Å². The quantitative estimate of drug-likeness (QED) is 0.249. The molecule has 210 valence electrons. The number of anilines is 1. The van der Waals surface area contributed by atoms with Gasteiger partial charge in [-0.1, -0.05) is 0 Å². The Kier molecular flexibility index (Phi) is 8.69. The van der Waals surface area contributed by atoms with Crippen LogP contribution in [0.5, 0.6) is 0 Å². The van der Waals surface area contributed by atoms with E-state index >= 15 is 0 Å². The summed E-state index contributed by atoms with van der Waals surface area (Å²) in [6.07, 6.45) is -0.581. The molecular weight excluding hydrogens is 553 g/mol. The van der Waals surface area contributed by atoms with Gasteiger partial charge >= 0.3 is 12.2 Å². The maximum Gasteiger partial charge on any atom is 0.435 e. The number of nitrogens with zero attached hydrogens (tertiary/aromatic N) is 5. The summed E-state index contributed by atoms with van der Waals surface area (Å²) in [4.78, 5) is 36.4. The fourth-order valence-electron chi connectivity index (χ4n) is 3.50. The molecule has 4 rings (SSSR count). The zero-order chi connectivity index (χ0) is 28.9. The predicted octanol–water partition coefficient (Wildman–Crippen LogP) is 4.16. The number of rotatable bonds is 9. The van der Waals surface area contributed by atoms with E-state index < -0.39 is 28.7 Å². The molecule has 40 heavy (non-hydrogen) atoms. The fraction of sp³-hybridized carbons (Fsp3) is 0.292. The van der Waals surface area contributed by atoms with Gasteiger partial charge in [0.15, 0.2) is 5.69 Å². The molecule has 4 aromatic rings. The summed E-state index contributed by atoms with van der Waals surface area (Å²) in [7, 11) is 1.40. The Bertz CT molecular complexity index is 1520. The second kappa shape index (κ2) is 12.2. The lowest BCUT2D eigenvalue weighted by Gasteiger charge is -2.11. The lowest BCUT2D eigenvalue weighted by atomic mass is 10.0. The molecule has 0 aromatic carbocycles. The Labute approximate surface area is 229 Å². The van der Waals surface area contributed by atoms with E-state index in [0.717, 1.165) is 0 Å². The summed E-state index contributed by atoms with van der Waals surface area (Å²) in [5.41, 5.74) is 0.0727. The van der Waals surface area contributed by atoms with Gasteiger partial charge in [-0.25, -0.2) is 14.8 Å². The Morgan fingerprint density at radius 1 is 1.07 bits per heavy atom. The number of alkyl halides is 3. The second-order valence-electron chi connectivity index (χ2n) is 8.13. The van der Waals surface area contributed by atoms with Crippen molar-refractivity contribution in [3.63, 3.8) is 0 Å². The third-order valence-corrected chi connectivity index (χ3v) is 6.32. The average molecular weight is 577 g/mol. The third kappa shape index (κ3) is 6.58. The van der Waals surface area contributed by atoms with Crippen LogP contribution >= 0.6 is 11.3 Å². The fourth-order valence-corrected chi connectivity index (χ4v) is 4.53. The number of carbonyl (C=O) groups excluding carboxylic acids is 2. The molecule has 0 bridgehead atoms. The van der Waals surface area contributed by atoms with Crippen molar-refractivity contribution in [1.29, 1.82) is 0 Å². The molecule has 0 spiro atoms. The van der Waals surface area contributed by atoms with E-state index in [1.807, 2.05) is 0 Å². The Morgan fingerprint density at radius 2 is 1.85 bits per heavy atom. The van der Waals surface area contributed by atoms with Gasteiger partial charge in [0.2, 0.25) is 11.8 Å². The number of carbonyl (C=O) groups is 2. The van der Waals surface area contributed by atoms with Crippen LogP contribution in [0.25, 0.3) is 33.2 Å². The number of methoxy groups -OCH3 is 1. The monoisotopic (exact) mass is 576 g/mol. The van der Waals surface area contributed by atoms with E-state index in [0.29, 0.717) is 40.5 Å². The third-order valence-electron chi connectivity index (χ3n) is 5.23. The normalized spacial score (nSPS) is 11.3. The largest absolute Gasteiger partial charge is 0.435 e. The van der Waals surface area contributed by atoms with Crippen molar-refractivity contribution in [2.75, 3.05) is 32.1 Å². The number of halogens is 3. The first-order valence-electron chi connectivity index (χ1n) is 11.8. The molecule has 3 N–H and O–H groups in total. The molecule has 3 amide bonds. The van der Waals surface area contributed by atoms with Crippen molar-refractivity contribution in [3.8, 4) is 33.2 Å². The maximum atomic E-state index is 14.0. The highest BCUT2D eigenvalue weighted by Gasteiger charge is 2.40. The minimum atomic E-state index is -4.91. The van der Waals surface area contributed by atoms with Gasteiger partial charge in [0, 0.05) is 62.4 Å². The van der Waals surface area contributed by atoms with Crippen LogP contribution in [0.3, 0.4) is 0 Å². The second-order valence-corrected chi connectivity index (χ2v) is 9.13. The zero-order valence-corrected chi connectivity index (χ0v) is 22.2. The number of pyridine rings is 2. The highest BCUT2D eigenvalue weighted by atomic mass is 32.1. The van der Waals surface area contributed by atoms with E-state index in [4.69, 9.17) is 9.15 Å². The van der Waals surface area contributed by atoms with Crippen molar-refractivity contribution < 1.29 is 31.9 Å². The van der Waals surface area contributed by atoms with Crippen LogP contribution in [-0.2, 0) is 10.9 Å². The van der Waals surface area contributed by atoms with Gasteiger partial charge in [0.05, 0.1) is 12.2 Å². The molecule has 4 aromatic heterocycles. The number of amides is 3. The summed E-state index contributed by atoms with van der Waals surface area (Å²) >= 11 is 0.555. The number of aryl methyl sites for hydroxylation is 1. The van der Waals surface area contributed by atoms with Crippen LogP contribution in [0.15, 0.2) is 35.1 Å².